The first-order valence-corrected chi connectivity index (χ1v) is 17.7. The molecule has 0 aromatic heterocycles. The molecule has 0 spiro atoms. The van der Waals surface area contributed by atoms with Crippen molar-refractivity contribution in [2.24, 2.45) is 4.52 Å². The lowest BCUT2D eigenvalue weighted by Gasteiger charge is -2.38. The molecule has 1 atom stereocenters. The first kappa shape index (κ1) is 27.4. The van der Waals surface area contributed by atoms with Gasteiger partial charge in [0, 0.05) is 29.3 Å². The van der Waals surface area contributed by atoms with Crippen LogP contribution in [0.5, 0.6) is 0 Å². The van der Waals surface area contributed by atoms with Gasteiger partial charge in [-0.05, 0) is 22.7 Å². The lowest BCUT2D eigenvalue weighted by Crippen LogP contribution is -2.27. The number of para-hydroxylation sites is 1. The monoisotopic (exact) mass is 584 g/mol. The van der Waals surface area contributed by atoms with E-state index >= 15 is 0 Å². The van der Waals surface area contributed by atoms with Crippen LogP contribution in [0.1, 0.15) is 0 Å². The van der Waals surface area contributed by atoms with E-state index in [9.17, 15) is 0 Å². The van der Waals surface area contributed by atoms with Crippen molar-refractivity contribution in [1.82, 2.24) is 0 Å². The molecular weight excluding hydrogens is 553 g/mol. The minimum atomic E-state index is -1.47. The van der Waals surface area contributed by atoms with E-state index in [2.05, 4.69) is 186 Å². The van der Waals surface area contributed by atoms with Gasteiger partial charge >= 0.3 is 0 Å². The molecule has 0 amide bonds. The summed E-state index contributed by atoms with van der Waals surface area (Å²) in [5.74, 6) is 0. The maximum atomic E-state index is 5.94. The zero-order valence-electron chi connectivity index (χ0n) is 22.6. The van der Waals surface area contributed by atoms with Crippen molar-refractivity contribution < 1.29 is 0 Å². The molecular formula is C36H31N2P3. The molecule has 200 valence electrons. The van der Waals surface area contributed by atoms with Gasteiger partial charge in [0.15, 0.2) is 8.22 Å². The molecule has 5 heteroatoms. The number of hydrogen-bond acceptors (Lipinski definition) is 2. The van der Waals surface area contributed by atoms with Crippen LogP contribution < -0.4 is 31.0 Å². The second kappa shape index (κ2) is 13.7. The van der Waals surface area contributed by atoms with E-state index in [1.165, 1.54) is 32.2 Å². The largest absolute Gasteiger partial charge is 0.299 e. The first-order chi connectivity index (χ1) is 20.4. The fourth-order valence-corrected chi connectivity index (χ4v) is 13.5. The Bertz CT molecular complexity index is 1590. The molecule has 0 saturated carbocycles. The summed E-state index contributed by atoms with van der Waals surface area (Å²) in [5.41, 5.74) is 1.19. The van der Waals surface area contributed by atoms with Gasteiger partial charge in [0.05, 0.1) is 8.07 Å². The molecule has 0 N–H and O–H groups in total. The molecule has 0 aliphatic rings. The maximum absolute atomic E-state index is 5.94. The number of benzene rings is 6. The van der Waals surface area contributed by atoms with Crippen molar-refractivity contribution in [2.45, 2.75) is 0 Å². The molecule has 0 fully saturated rings. The van der Waals surface area contributed by atoms with Gasteiger partial charge in [0.1, 0.15) is 0 Å². The summed E-state index contributed by atoms with van der Waals surface area (Å²) >= 11 is 0. The number of rotatable bonds is 9. The van der Waals surface area contributed by atoms with Crippen LogP contribution in [0.15, 0.2) is 187 Å². The summed E-state index contributed by atoms with van der Waals surface area (Å²) in [6, 6.07) is 65.4. The van der Waals surface area contributed by atoms with Crippen molar-refractivity contribution in [3.63, 3.8) is 0 Å². The predicted octanol–water partition coefficient (Wildman–Crippen LogP) is 8.23. The molecule has 6 aromatic rings. The van der Waals surface area contributed by atoms with Crippen LogP contribution in [-0.2, 0) is 0 Å². The van der Waals surface area contributed by atoms with Gasteiger partial charge in [-0.3, -0.25) is 4.44 Å². The van der Waals surface area contributed by atoms with Crippen LogP contribution in [0.3, 0.4) is 0 Å². The normalized spacial score (nSPS) is 11.8. The fraction of sp³-hybridized carbons (Fsp3) is 0. The zero-order chi connectivity index (χ0) is 27.7. The highest BCUT2D eigenvalue weighted by atomic mass is 31.2. The van der Waals surface area contributed by atoms with Crippen molar-refractivity contribution in [1.29, 1.82) is 0 Å². The predicted molar refractivity (Wildman–Crippen MR) is 184 cm³/mol. The van der Waals surface area contributed by atoms with Gasteiger partial charge in [-0.25, -0.2) is 4.52 Å². The smallest absolute Gasteiger partial charge is 0.151 e. The summed E-state index contributed by atoms with van der Waals surface area (Å²) in [4.78, 5) is 0. The number of hydrogen-bond donors (Lipinski definition) is 0. The number of nitrogens with zero attached hydrogens (tertiary/aromatic N) is 2. The van der Waals surface area contributed by atoms with E-state index in [4.69, 9.17) is 4.52 Å². The van der Waals surface area contributed by atoms with Crippen LogP contribution in [-0.4, -0.2) is 0 Å². The third-order valence-corrected chi connectivity index (χ3v) is 14.5. The zero-order valence-corrected chi connectivity index (χ0v) is 25.4. The highest BCUT2D eigenvalue weighted by Gasteiger charge is 2.31. The molecule has 41 heavy (non-hydrogen) atoms. The summed E-state index contributed by atoms with van der Waals surface area (Å²) in [7, 11) is -3.54. The van der Waals surface area contributed by atoms with Gasteiger partial charge in [-0.1, -0.05) is 170 Å². The lowest BCUT2D eigenvalue weighted by molar-refractivity contribution is 1.55. The van der Waals surface area contributed by atoms with Gasteiger partial charge < -0.3 is 0 Å². The van der Waals surface area contributed by atoms with Crippen LogP contribution in [0, 0.1) is 0 Å². The van der Waals surface area contributed by atoms with Crippen molar-refractivity contribution in [3.8, 4) is 0 Å². The van der Waals surface area contributed by atoms with E-state index in [1.54, 1.807) is 0 Å². The molecule has 2 nitrogen and oxygen atoms in total. The Morgan fingerprint density at radius 3 is 1.15 bits per heavy atom. The van der Waals surface area contributed by atoms with Crippen LogP contribution in [0.2, 0.25) is 0 Å². The Balaban J connectivity index is 1.65. The van der Waals surface area contributed by atoms with Crippen LogP contribution >= 0.6 is 24.0 Å². The Hall–Kier alpha value is -3.79. The molecule has 0 radical (unpaired) electrons. The van der Waals surface area contributed by atoms with E-state index in [0.29, 0.717) is 0 Å². The Morgan fingerprint density at radius 1 is 0.390 bits per heavy atom. The standard InChI is InChI=1S/C36H31N2P3/c1-7-19-31(20-8-1)38(40(34-25-13-4-14-26-34)35-27-15-5-16-28-35)41(36-29-17-6-18-30-36)37-39(32-21-9-2-10-22-32)33-23-11-3-12-24-33/h1-30,39H. The summed E-state index contributed by atoms with van der Waals surface area (Å²) in [6.07, 6.45) is 0. The van der Waals surface area contributed by atoms with Gasteiger partial charge in [-0.15, -0.1) is 0 Å². The van der Waals surface area contributed by atoms with E-state index in [-0.39, 0.29) is 0 Å². The average molecular weight is 585 g/mol. The second-order valence-corrected chi connectivity index (χ2v) is 15.9. The minimum absolute atomic E-state index is 0.937. The van der Waals surface area contributed by atoms with Crippen LogP contribution in [0.25, 0.3) is 0 Å². The number of anilines is 1. The Kier molecular flexibility index (Phi) is 9.16. The fourth-order valence-electron chi connectivity index (χ4n) is 4.72. The van der Waals surface area contributed by atoms with E-state index in [1.807, 2.05) is 0 Å². The van der Waals surface area contributed by atoms with Crippen molar-refractivity contribution in [3.05, 3.63) is 182 Å². The summed E-state index contributed by atoms with van der Waals surface area (Å²) < 4.78 is 8.58. The van der Waals surface area contributed by atoms with Crippen LogP contribution in [0.4, 0.5) is 5.69 Å². The van der Waals surface area contributed by atoms with Gasteiger partial charge in [-0.2, -0.15) is 0 Å². The van der Waals surface area contributed by atoms with Gasteiger partial charge in [0.2, 0.25) is 0 Å². The average Bonchev–Trinajstić information content (AvgIpc) is 3.07. The summed E-state index contributed by atoms with van der Waals surface area (Å²) in [5, 5.41) is 6.46. The highest BCUT2D eigenvalue weighted by molar-refractivity contribution is 7.89. The van der Waals surface area contributed by atoms with E-state index in [0.717, 1.165) is 0 Å². The molecule has 6 rings (SSSR count). The maximum Gasteiger partial charge on any atom is 0.151 e. The quantitative estimate of drug-likeness (QED) is 0.156. The van der Waals surface area contributed by atoms with Gasteiger partial charge in [0.25, 0.3) is 0 Å². The minimum Gasteiger partial charge on any atom is -0.299 e. The third-order valence-electron chi connectivity index (χ3n) is 6.63. The molecule has 0 bridgehead atoms. The summed E-state index contributed by atoms with van der Waals surface area (Å²) in [6.45, 7) is 0. The van der Waals surface area contributed by atoms with Crippen molar-refractivity contribution >= 4 is 56.2 Å². The molecule has 0 saturated heterocycles. The first-order valence-electron chi connectivity index (χ1n) is 13.7. The van der Waals surface area contributed by atoms with E-state index < -0.39 is 24.0 Å². The molecule has 6 aromatic carbocycles. The Labute approximate surface area is 246 Å². The highest BCUT2D eigenvalue weighted by Crippen LogP contribution is 2.60. The molecule has 1 unspecified atom stereocenters. The molecule has 0 aliphatic carbocycles. The second-order valence-electron chi connectivity index (χ2n) is 9.41. The lowest BCUT2D eigenvalue weighted by atomic mass is 10.3. The third kappa shape index (κ3) is 6.59. The SMILES string of the molecule is c1ccc(N(P(N=[PH](c2ccccc2)c2ccccc2)c2ccccc2)P(c2ccccc2)c2ccccc2)cc1. The molecule has 0 heterocycles. The topological polar surface area (TPSA) is 15.6 Å². The van der Waals surface area contributed by atoms with Crippen molar-refractivity contribution in [2.75, 3.05) is 4.44 Å². The molecule has 0 aliphatic heterocycles. The Morgan fingerprint density at radius 2 is 0.732 bits per heavy atom.